The zero-order valence-corrected chi connectivity index (χ0v) is 11.7. The first-order valence-electron chi connectivity index (χ1n) is 6.15. The van der Waals surface area contributed by atoms with Crippen molar-refractivity contribution < 1.29 is 22.8 Å². The van der Waals surface area contributed by atoms with Gasteiger partial charge in [-0.25, -0.2) is 4.79 Å². The molecule has 0 bridgehead atoms. The van der Waals surface area contributed by atoms with Crippen LogP contribution >= 0.6 is 11.6 Å². The standard InChI is InChI=1S/C13H12ClF3N2O2/c1-7(8-2-4-9(14)5-3-8)19-11(20)10(18-12(19)21)6-13(15,16)17/h2-5,7,10H,6H2,1H3,(H,18,21)/t7-,10?/m0/s1. The zero-order valence-electron chi connectivity index (χ0n) is 10.9. The maximum atomic E-state index is 12.4. The Morgan fingerprint density at radius 1 is 1.29 bits per heavy atom. The molecule has 2 rings (SSSR count). The molecule has 21 heavy (non-hydrogen) atoms. The Labute approximate surface area is 123 Å². The van der Waals surface area contributed by atoms with E-state index in [1.165, 1.54) is 0 Å². The van der Waals surface area contributed by atoms with E-state index in [0.29, 0.717) is 10.6 Å². The number of amides is 3. The first-order chi connectivity index (χ1) is 9.69. The average Bonchev–Trinajstić information content (AvgIpc) is 2.62. The number of hydrogen-bond donors (Lipinski definition) is 1. The summed E-state index contributed by atoms with van der Waals surface area (Å²) in [5.41, 5.74) is 0.607. The van der Waals surface area contributed by atoms with Gasteiger partial charge in [-0.2, -0.15) is 13.2 Å². The second kappa shape index (κ2) is 5.55. The van der Waals surface area contributed by atoms with Crippen LogP contribution in [-0.2, 0) is 4.79 Å². The van der Waals surface area contributed by atoms with Crippen molar-refractivity contribution in [3.8, 4) is 0 Å². The van der Waals surface area contributed by atoms with Gasteiger partial charge in [0.1, 0.15) is 6.04 Å². The summed E-state index contributed by atoms with van der Waals surface area (Å²) in [6.45, 7) is 1.57. The lowest BCUT2D eigenvalue weighted by atomic mass is 10.1. The summed E-state index contributed by atoms with van der Waals surface area (Å²) in [5, 5.41) is 2.55. The van der Waals surface area contributed by atoms with Crippen LogP contribution in [-0.4, -0.2) is 29.1 Å². The number of urea groups is 1. The second-order valence-corrected chi connectivity index (χ2v) is 5.19. The molecule has 1 aromatic carbocycles. The Hall–Kier alpha value is -1.76. The SMILES string of the molecule is C[C@@H](c1ccc(Cl)cc1)N1C(=O)NC(CC(F)(F)F)C1=O. The highest BCUT2D eigenvalue weighted by molar-refractivity contribution is 6.30. The van der Waals surface area contributed by atoms with Crippen LogP contribution in [0.25, 0.3) is 0 Å². The third-order valence-corrected chi connectivity index (χ3v) is 3.48. The van der Waals surface area contributed by atoms with Gasteiger partial charge in [-0.3, -0.25) is 9.69 Å². The maximum absolute atomic E-state index is 12.4. The lowest BCUT2D eigenvalue weighted by Gasteiger charge is -2.22. The van der Waals surface area contributed by atoms with E-state index in [0.717, 1.165) is 4.90 Å². The number of halogens is 4. The minimum atomic E-state index is -4.52. The third-order valence-electron chi connectivity index (χ3n) is 3.23. The summed E-state index contributed by atoms with van der Waals surface area (Å²) in [7, 11) is 0. The van der Waals surface area contributed by atoms with Gasteiger partial charge >= 0.3 is 12.2 Å². The number of rotatable bonds is 3. The van der Waals surface area contributed by atoms with E-state index in [1.807, 2.05) is 0 Å². The Balaban J connectivity index is 2.18. The van der Waals surface area contributed by atoms with E-state index >= 15 is 0 Å². The van der Waals surface area contributed by atoms with Crippen molar-refractivity contribution in [1.29, 1.82) is 0 Å². The molecule has 1 saturated heterocycles. The predicted octanol–water partition coefficient (Wildman–Crippen LogP) is 3.27. The summed E-state index contributed by atoms with van der Waals surface area (Å²) in [4.78, 5) is 24.6. The number of carbonyl (C=O) groups excluding carboxylic acids is 2. The van der Waals surface area contributed by atoms with Gasteiger partial charge in [-0.1, -0.05) is 23.7 Å². The van der Waals surface area contributed by atoms with Crippen molar-refractivity contribution in [3.05, 3.63) is 34.9 Å². The molecular formula is C13H12ClF3N2O2. The molecule has 1 aliphatic heterocycles. The van der Waals surface area contributed by atoms with Crippen LogP contribution in [0.4, 0.5) is 18.0 Å². The first-order valence-corrected chi connectivity index (χ1v) is 6.52. The van der Waals surface area contributed by atoms with Crippen LogP contribution < -0.4 is 5.32 Å². The van der Waals surface area contributed by atoms with Gasteiger partial charge in [-0.15, -0.1) is 0 Å². The Morgan fingerprint density at radius 2 is 1.86 bits per heavy atom. The topological polar surface area (TPSA) is 49.4 Å². The molecule has 114 valence electrons. The lowest BCUT2D eigenvalue weighted by molar-refractivity contribution is -0.149. The fraction of sp³-hybridized carbons (Fsp3) is 0.385. The van der Waals surface area contributed by atoms with Crippen LogP contribution in [0.3, 0.4) is 0 Å². The molecular weight excluding hydrogens is 309 g/mol. The Kier molecular flexibility index (Phi) is 4.13. The average molecular weight is 321 g/mol. The molecule has 0 spiro atoms. The number of imide groups is 1. The van der Waals surface area contributed by atoms with Crippen LogP contribution in [0, 0.1) is 0 Å². The maximum Gasteiger partial charge on any atom is 0.391 e. The monoisotopic (exact) mass is 320 g/mol. The normalized spacial score (nSPS) is 20.6. The smallest absolute Gasteiger partial charge is 0.325 e. The van der Waals surface area contributed by atoms with Crippen molar-refractivity contribution in [2.75, 3.05) is 0 Å². The van der Waals surface area contributed by atoms with Gasteiger partial charge in [0.15, 0.2) is 0 Å². The number of carbonyl (C=O) groups is 2. The van der Waals surface area contributed by atoms with Crippen molar-refractivity contribution in [1.82, 2.24) is 10.2 Å². The van der Waals surface area contributed by atoms with Crippen LogP contribution in [0.5, 0.6) is 0 Å². The highest BCUT2D eigenvalue weighted by Gasteiger charge is 2.46. The van der Waals surface area contributed by atoms with Crippen LogP contribution in [0.1, 0.15) is 24.9 Å². The number of alkyl halides is 3. The molecule has 0 radical (unpaired) electrons. The molecule has 4 nitrogen and oxygen atoms in total. The second-order valence-electron chi connectivity index (χ2n) is 4.76. The number of nitrogens with zero attached hydrogens (tertiary/aromatic N) is 1. The molecule has 1 unspecified atom stereocenters. The Bertz CT molecular complexity index is 560. The van der Waals surface area contributed by atoms with E-state index in [4.69, 9.17) is 11.6 Å². The number of benzene rings is 1. The summed E-state index contributed by atoms with van der Waals surface area (Å²) in [6.07, 6.45) is -5.89. The van der Waals surface area contributed by atoms with Gasteiger partial charge in [0, 0.05) is 5.02 Å². The van der Waals surface area contributed by atoms with Gasteiger partial charge in [0.2, 0.25) is 0 Å². The molecule has 1 heterocycles. The predicted molar refractivity (Wildman–Crippen MR) is 69.7 cm³/mol. The fourth-order valence-corrected chi connectivity index (χ4v) is 2.30. The quantitative estimate of drug-likeness (QED) is 0.869. The highest BCUT2D eigenvalue weighted by Crippen LogP contribution is 2.29. The molecule has 0 saturated carbocycles. The van der Waals surface area contributed by atoms with Gasteiger partial charge < -0.3 is 5.32 Å². The highest BCUT2D eigenvalue weighted by atomic mass is 35.5. The first kappa shape index (κ1) is 15.6. The van der Waals surface area contributed by atoms with Crippen molar-refractivity contribution in [2.45, 2.75) is 31.6 Å². The minimum absolute atomic E-state index is 0.484. The van der Waals surface area contributed by atoms with Gasteiger partial charge in [0.05, 0.1) is 12.5 Å². The molecule has 1 N–H and O–H groups in total. The molecule has 2 atom stereocenters. The van der Waals surface area contributed by atoms with Gasteiger partial charge in [0.25, 0.3) is 5.91 Å². The molecule has 1 fully saturated rings. The van der Waals surface area contributed by atoms with Crippen molar-refractivity contribution >= 4 is 23.5 Å². The van der Waals surface area contributed by atoms with E-state index < -0.39 is 36.6 Å². The van der Waals surface area contributed by atoms with Crippen molar-refractivity contribution in [2.24, 2.45) is 0 Å². The summed E-state index contributed by atoms with van der Waals surface area (Å²) in [6, 6.07) is 3.34. The molecule has 8 heteroatoms. The minimum Gasteiger partial charge on any atom is -0.325 e. The summed E-state index contributed by atoms with van der Waals surface area (Å²) >= 11 is 5.74. The number of hydrogen-bond acceptors (Lipinski definition) is 2. The fourth-order valence-electron chi connectivity index (χ4n) is 2.18. The summed E-state index contributed by atoms with van der Waals surface area (Å²) < 4.78 is 37.1. The van der Waals surface area contributed by atoms with E-state index in [1.54, 1.807) is 31.2 Å². The summed E-state index contributed by atoms with van der Waals surface area (Å²) in [5.74, 6) is -0.875. The van der Waals surface area contributed by atoms with Crippen LogP contribution in [0.15, 0.2) is 24.3 Å². The molecule has 1 aliphatic rings. The van der Waals surface area contributed by atoms with E-state index in [2.05, 4.69) is 5.32 Å². The lowest BCUT2D eigenvalue weighted by Crippen LogP contribution is -2.35. The number of nitrogens with one attached hydrogen (secondary N) is 1. The molecule has 3 amide bonds. The van der Waals surface area contributed by atoms with Crippen molar-refractivity contribution in [3.63, 3.8) is 0 Å². The van der Waals surface area contributed by atoms with Crippen LogP contribution in [0.2, 0.25) is 5.02 Å². The zero-order chi connectivity index (χ0) is 15.8. The third kappa shape index (κ3) is 3.47. The Morgan fingerprint density at radius 3 is 2.38 bits per heavy atom. The van der Waals surface area contributed by atoms with E-state index in [-0.39, 0.29) is 0 Å². The molecule has 0 aromatic heterocycles. The molecule has 1 aromatic rings. The molecule has 0 aliphatic carbocycles. The largest absolute Gasteiger partial charge is 0.391 e. The van der Waals surface area contributed by atoms with Gasteiger partial charge in [-0.05, 0) is 24.6 Å². The van der Waals surface area contributed by atoms with E-state index in [9.17, 15) is 22.8 Å².